The van der Waals surface area contributed by atoms with Gasteiger partial charge in [0.1, 0.15) is 11.2 Å². The summed E-state index contributed by atoms with van der Waals surface area (Å²) in [4.78, 5) is 4.34. The zero-order valence-electron chi connectivity index (χ0n) is 10.3. The normalized spacial score (nSPS) is 12.4. The maximum absolute atomic E-state index is 5.97. The lowest BCUT2D eigenvalue weighted by molar-refractivity contribution is 0.570. The number of para-hydroxylation sites is 1. The molecule has 0 bridgehead atoms. The van der Waals surface area contributed by atoms with Crippen LogP contribution in [-0.4, -0.2) is 4.98 Å². The van der Waals surface area contributed by atoms with Gasteiger partial charge in [-0.2, -0.15) is 0 Å². The van der Waals surface area contributed by atoms with Crippen molar-refractivity contribution in [2.75, 3.05) is 0 Å². The molecular weight excluding hydrogens is 210 g/mol. The molecule has 2 nitrogen and oxygen atoms in total. The SMILES string of the molecule is CC(C)(C)c1cncc2c1oc1ccccc12. The van der Waals surface area contributed by atoms with Crippen molar-refractivity contribution in [3.05, 3.63) is 42.2 Å². The molecule has 0 spiro atoms. The minimum absolute atomic E-state index is 0.0420. The highest BCUT2D eigenvalue weighted by Crippen LogP contribution is 2.34. The van der Waals surface area contributed by atoms with Gasteiger partial charge in [0.15, 0.2) is 0 Å². The highest BCUT2D eigenvalue weighted by Gasteiger charge is 2.20. The molecule has 0 radical (unpaired) electrons. The van der Waals surface area contributed by atoms with Gasteiger partial charge in [0, 0.05) is 28.7 Å². The van der Waals surface area contributed by atoms with Gasteiger partial charge in [-0.1, -0.05) is 39.0 Å². The van der Waals surface area contributed by atoms with Crippen LogP contribution in [0.3, 0.4) is 0 Å². The maximum Gasteiger partial charge on any atom is 0.142 e. The summed E-state index contributed by atoms with van der Waals surface area (Å²) >= 11 is 0. The Morgan fingerprint density at radius 3 is 2.53 bits per heavy atom. The standard InChI is InChI=1S/C15H15NO/c1-15(2,3)12-9-16-8-11-10-6-4-5-7-13(10)17-14(11)12/h4-9H,1-3H3. The van der Waals surface area contributed by atoms with Gasteiger partial charge in [0.05, 0.1) is 0 Å². The van der Waals surface area contributed by atoms with E-state index in [1.807, 2.05) is 30.6 Å². The molecule has 0 saturated heterocycles. The van der Waals surface area contributed by atoms with Gasteiger partial charge in [-0.05, 0) is 11.5 Å². The number of nitrogens with zero attached hydrogens (tertiary/aromatic N) is 1. The molecule has 0 aliphatic carbocycles. The zero-order valence-corrected chi connectivity index (χ0v) is 10.3. The highest BCUT2D eigenvalue weighted by atomic mass is 16.3. The summed E-state index contributed by atoms with van der Waals surface area (Å²) in [6.07, 6.45) is 3.79. The van der Waals surface area contributed by atoms with Crippen molar-refractivity contribution in [3.63, 3.8) is 0 Å². The molecule has 0 amide bonds. The molecule has 1 aromatic carbocycles. The lowest BCUT2D eigenvalue weighted by atomic mass is 9.87. The largest absolute Gasteiger partial charge is 0.456 e. The molecule has 0 aliphatic rings. The highest BCUT2D eigenvalue weighted by molar-refractivity contribution is 6.05. The van der Waals surface area contributed by atoms with Crippen LogP contribution >= 0.6 is 0 Å². The molecule has 0 aliphatic heterocycles. The van der Waals surface area contributed by atoms with Gasteiger partial charge in [-0.25, -0.2) is 0 Å². The predicted molar refractivity (Wildman–Crippen MR) is 70.2 cm³/mol. The van der Waals surface area contributed by atoms with Crippen LogP contribution in [-0.2, 0) is 5.41 Å². The Kier molecular flexibility index (Phi) is 2.02. The minimum Gasteiger partial charge on any atom is -0.456 e. The maximum atomic E-state index is 5.97. The fourth-order valence-corrected chi connectivity index (χ4v) is 2.17. The molecule has 3 aromatic rings. The lowest BCUT2D eigenvalue weighted by Crippen LogP contribution is -2.11. The molecule has 2 heterocycles. The number of hydrogen-bond acceptors (Lipinski definition) is 2. The monoisotopic (exact) mass is 225 g/mol. The molecule has 17 heavy (non-hydrogen) atoms. The Balaban J connectivity index is 2.48. The molecule has 2 heteroatoms. The molecule has 86 valence electrons. The van der Waals surface area contributed by atoms with Crippen molar-refractivity contribution in [2.45, 2.75) is 26.2 Å². The van der Waals surface area contributed by atoms with Gasteiger partial charge in [0.2, 0.25) is 0 Å². The average molecular weight is 225 g/mol. The van der Waals surface area contributed by atoms with Crippen LogP contribution in [0.1, 0.15) is 26.3 Å². The summed E-state index contributed by atoms with van der Waals surface area (Å²) in [5.41, 5.74) is 3.10. The van der Waals surface area contributed by atoms with Crippen LogP contribution in [0.5, 0.6) is 0 Å². The number of aromatic nitrogens is 1. The van der Waals surface area contributed by atoms with Crippen LogP contribution in [0.15, 0.2) is 41.1 Å². The smallest absolute Gasteiger partial charge is 0.142 e. The number of pyridine rings is 1. The molecule has 0 saturated carbocycles. The van der Waals surface area contributed by atoms with E-state index in [4.69, 9.17) is 4.42 Å². The topological polar surface area (TPSA) is 26.0 Å². The Morgan fingerprint density at radius 1 is 1.00 bits per heavy atom. The van der Waals surface area contributed by atoms with Crippen molar-refractivity contribution in [2.24, 2.45) is 0 Å². The first-order valence-electron chi connectivity index (χ1n) is 5.83. The third kappa shape index (κ3) is 1.52. The number of benzene rings is 1. The third-order valence-electron chi connectivity index (χ3n) is 3.09. The predicted octanol–water partition coefficient (Wildman–Crippen LogP) is 4.28. The summed E-state index contributed by atoms with van der Waals surface area (Å²) < 4.78 is 5.97. The van der Waals surface area contributed by atoms with Crippen molar-refractivity contribution < 1.29 is 4.42 Å². The molecular formula is C15H15NO. The fourth-order valence-electron chi connectivity index (χ4n) is 2.17. The molecule has 0 fully saturated rings. The quantitative estimate of drug-likeness (QED) is 0.570. The molecule has 0 unspecified atom stereocenters. The van der Waals surface area contributed by atoms with Gasteiger partial charge < -0.3 is 4.42 Å². The lowest BCUT2D eigenvalue weighted by Gasteiger charge is -2.18. The first-order chi connectivity index (χ1) is 8.07. The third-order valence-corrected chi connectivity index (χ3v) is 3.09. The Hall–Kier alpha value is -1.83. The van der Waals surface area contributed by atoms with E-state index in [-0.39, 0.29) is 5.41 Å². The first kappa shape index (κ1) is 10.3. The Morgan fingerprint density at radius 2 is 1.76 bits per heavy atom. The Bertz CT molecular complexity index is 689. The second-order valence-corrected chi connectivity index (χ2v) is 5.41. The van der Waals surface area contributed by atoms with E-state index in [2.05, 4.69) is 31.8 Å². The van der Waals surface area contributed by atoms with E-state index in [0.29, 0.717) is 0 Å². The van der Waals surface area contributed by atoms with Crippen molar-refractivity contribution in [1.29, 1.82) is 0 Å². The van der Waals surface area contributed by atoms with E-state index < -0.39 is 0 Å². The number of fused-ring (bicyclic) bond motifs is 3. The fraction of sp³-hybridized carbons (Fsp3) is 0.267. The van der Waals surface area contributed by atoms with E-state index in [1.54, 1.807) is 0 Å². The molecule has 2 aromatic heterocycles. The van der Waals surface area contributed by atoms with Crippen LogP contribution in [0, 0.1) is 0 Å². The zero-order chi connectivity index (χ0) is 12.0. The van der Waals surface area contributed by atoms with Crippen molar-refractivity contribution in [3.8, 4) is 0 Å². The van der Waals surface area contributed by atoms with Crippen LogP contribution in [0.4, 0.5) is 0 Å². The summed E-state index contributed by atoms with van der Waals surface area (Å²) in [6, 6.07) is 8.10. The van der Waals surface area contributed by atoms with E-state index >= 15 is 0 Å². The van der Waals surface area contributed by atoms with Crippen LogP contribution in [0.2, 0.25) is 0 Å². The van der Waals surface area contributed by atoms with Crippen LogP contribution in [0.25, 0.3) is 21.9 Å². The summed E-state index contributed by atoms with van der Waals surface area (Å²) in [5, 5.41) is 2.24. The number of furan rings is 1. The van der Waals surface area contributed by atoms with E-state index in [9.17, 15) is 0 Å². The first-order valence-corrected chi connectivity index (χ1v) is 5.83. The van der Waals surface area contributed by atoms with E-state index in [1.165, 1.54) is 0 Å². The average Bonchev–Trinajstić information content (AvgIpc) is 2.65. The van der Waals surface area contributed by atoms with Crippen molar-refractivity contribution >= 4 is 21.9 Å². The van der Waals surface area contributed by atoms with Gasteiger partial charge in [-0.3, -0.25) is 4.98 Å². The minimum atomic E-state index is 0.0420. The second kappa shape index (κ2) is 3.33. The second-order valence-electron chi connectivity index (χ2n) is 5.41. The Labute approximate surface area is 100 Å². The molecule has 3 rings (SSSR count). The molecule has 0 atom stereocenters. The van der Waals surface area contributed by atoms with Crippen molar-refractivity contribution in [1.82, 2.24) is 4.98 Å². The van der Waals surface area contributed by atoms with E-state index in [0.717, 1.165) is 27.5 Å². The summed E-state index contributed by atoms with van der Waals surface area (Å²) in [6.45, 7) is 6.53. The van der Waals surface area contributed by atoms with Gasteiger partial charge in [0.25, 0.3) is 0 Å². The van der Waals surface area contributed by atoms with Gasteiger partial charge in [-0.15, -0.1) is 0 Å². The molecule has 0 N–H and O–H groups in total. The number of hydrogen-bond donors (Lipinski definition) is 0. The number of rotatable bonds is 0. The van der Waals surface area contributed by atoms with Crippen LogP contribution < -0.4 is 0 Å². The summed E-state index contributed by atoms with van der Waals surface area (Å²) in [7, 11) is 0. The van der Waals surface area contributed by atoms with Gasteiger partial charge >= 0.3 is 0 Å². The summed E-state index contributed by atoms with van der Waals surface area (Å²) in [5.74, 6) is 0.